The summed E-state index contributed by atoms with van der Waals surface area (Å²) in [5.74, 6) is -0.422. The molecular formula is C27H21F2N5O. The molecule has 0 aliphatic rings. The second kappa shape index (κ2) is 11.0. The fourth-order valence-electron chi connectivity index (χ4n) is 3.68. The molecule has 0 fully saturated rings. The number of nitriles is 1. The third kappa shape index (κ3) is 5.84. The summed E-state index contributed by atoms with van der Waals surface area (Å²) in [5.41, 5.74) is 3.23. The first-order chi connectivity index (χ1) is 17.1. The first kappa shape index (κ1) is 23.5. The minimum absolute atomic E-state index is 0.151. The van der Waals surface area contributed by atoms with Crippen molar-refractivity contribution in [3.63, 3.8) is 0 Å². The second-order valence-electron chi connectivity index (χ2n) is 7.77. The molecule has 0 saturated carbocycles. The van der Waals surface area contributed by atoms with Gasteiger partial charge < -0.3 is 10.2 Å². The topological polar surface area (TPSA) is 81.9 Å². The number of aromatic nitrogens is 2. The Balaban J connectivity index is 1.67. The number of rotatable bonds is 9. The van der Waals surface area contributed by atoms with Crippen LogP contribution in [0.25, 0.3) is 11.3 Å². The number of carbonyl (C=O) groups is 1. The van der Waals surface area contributed by atoms with Gasteiger partial charge in [0.05, 0.1) is 29.6 Å². The quantitative estimate of drug-likeness (QED) is 0.345. The Kier molecular flexibility index (Phi) is 7.38. The Morgan fingerprint density at radius 2 is 1.83 bits per heavy atom. The molecule has 1 amide bonds. The van der Waals surface area contributed by atoms with Gasteiger partial charge in [0.2, 0.25) is 6.41 Å². The smallest absolute Gasteiger partial charge is 0.214 e. The minimum Gasteiger partial charge on any atom is -0.368 e. The third-order valence-corrected chi connectivity index (χ3v) is 5.36. The molecule has 1 N–H and O–H groups in total. The Morgan fingerprint density at radius 3 is 2.57 bits per heavy atom. The van der Waals surface area contributed by atoms with Gasteiger partial charge in [-0.1, -0.05) is 18.2 Å². The monoisotopic (exact) mass is 469 g/mol. The van der Waals surface area contributed by atoms with Crippen molar-refractivity contribution in [2.45, 2.75) is 13.0 Å². The molecule has 2 aromatic carbocycles. The molecule has 35 heavy (non-hydrogen) atoms. The van der Waals surface area contributed by atoms with E-state index in [1.165, 1.54) is 29.2 Å². The highest BCUT2D eigenvalue weighted by Crippen LogP contribution is 2.30. The van der Waals surface area contributed by atoms with Crippen molar-refractivity contribution >= 4 is 17.9 Å². The number of nitrogens with one attached hydrogen (secondary N) is 1. The van der Waals surface area contributed by atoms with Crippen molar-refractivity contribution in [1.82, 2.24) is 9.97 Å². The Bertz CT molecular complexity index is 1370. The lowest BCUT2D eigenvalue weighted by molar-refractivity contribution is -0.107. The van der Waals surface area contributed by atoms with Crippen molar-refractivity contribution in [3.05, 3.63) is 107 Å². The molecule has 0 radical (unpaired) electrons. The van der Waals surface area contributed by atoms with Crippen molar-refractivity contribution in [1.29, 1.82) is 5.26 Å². The molecule has 0 aliphatic heterocycles. The van der Waals surface area contributed by atoms with Crippen LogP contribution >= 0.6 is 0 Å². The summed E-state index contributed by atoms with van der Waals surface area (Å²) >= 11 is 0. The molecule has 0 atom stereocenters. The molecule has 174 valence electrons. The number of carbonyl (C=O) groups excluding carboxylic acids is 1. The van der Waals surface area contributed by atoms with E-state index < -0.39 is 5.82 Å². The van der Waals surface area contributed by atoms with Gasteiger partial charge in [-0.25, -0.2) is 13.8 Å². The Hall–Kier alpha value is -4.64. The zero-order valence-electron chi connectivity index (χ0n) is 18.7. The average molecular weight is 469 g/mol. The van der Waals surface area contributed by atoms with E-state index in [-0.39, 0.29) is 17.9 Å². The number of anilines is 2. The molecule has 6 nitrogen and oxygen atoms in total. The molecule has 2 aromatic heterocycles. The van der Waals surface area contributed by atoms with E-state index in [1.54, 1.807) is 36.7 Å². The lowest BCUT2D eigenvalue weighted by Crippen LogP contribution is -2.23. The zero-order chi connectivity index (χ0) is 24.6. The molecular weight excluding hydrogens is 448 g/mol. The summed E-state index contributed by atoms with van der Waals surface area (Å²) in [7, 11) is 0. The van der Waals surface area contributed by atoms with Crippen molar-refractivity contribution < 1.29 is 13.6 Å². The molecule has 0 spiro atoms. The predicted octanol–water partition coefficient (Wildman–Crippen LogP) is 5.11. The van der Waals surface area contributed by atoms with Crippen molar-refractivity contribution in [3.8, 4) is 17.3 Å². The van der Waals surface area contributed by atoms with E-state index in [1.807, 2.05) is 18.2 Å². The summed E-state index contributed by atoms with van der Waals surface area (Å²) < 4.78 is 27.2. The highest BCUT2D eigenvalue weighted by Gasteiger charge is 2.16. The number of halogens is 2. The summed E-state index contributed by atoms with van der Waals surface area (Å²) in [6.45, 7) is 0.692. The SMILES string of the molecule is N#Cc1cc(F)ccc1-c1ccc(N(C=O)Cc2cccnc2)c(NCCc2cccc(F)c2)n1. The number of hydrogen-bond acceptors (Lipinski definition) is 5. The van der Waals surface area contributed by atoms with Gasteiger partial charge in [0, 0.05) is 24.5 Å². The fourth-order valence-corrected chi connectivity index (χ4v) is 3.68. The summed E-state index contributed by atoms with van der Waals surface area (Å²) in [4.78, 5) is 22.3. The van der Waals surface area contributed by atoms with Crippen LogP contribution in [-0.2, 0) is 17.8 Å². The van der Waals surface area contributed by atoms with Crippen LogP contribution in [0.2, 0.25) is 0 Å². The maximum Gasteiger partial charge on any atom is 0.214 e. The van der Waals surface area contributed by atoms with E-state index >= 15 is 0 Å². The maximum absolute atomic E-state index is 13.6. The van der Waals surface area contributed by atoms with Gasteiger partial charge in [-0.2, -0.15) is 5.26 Å². The molecule has 0 saturated heterocycles. The fraction of sp³-hybridized carbons (Fsp3) is 0.111. The summed E-state index contributed by atoms with van der Waals surface area (Å²) in [5, 5.41) is 12.7. The van der Waals surface area contributed by atoms with Gasteiger partial charge in [0.1, 0.15) is 11.6 Å². The normalized spacial score (nSPS) is 10.4. The van der Waals surface area contributed by atoms with Gasteiger partial charge in [-0.3, -0.25) is 9.78 Å². The third-order valence-electron chi connectivity index (χ3n) is 5.36. The number of pyridine rings is 2. The molecule has 0 unspecified atom stereocenters. The maximum atomic E-state index is 13.6. The van der Waals surface area contributed by atoms with E-state index in [2.05, 4.69) is 15.3 Å². The highest BCUT2D eigenvalue weighted by molar-refractivity contribution is 5.83. The van der Waals surface area contributed by atoms with Crippen LogP contribution in [-0.4, -0.2) is 22.9 Å². The molecule has 8 heteroatoms. The second-order valence-corrected chi connectivity index (χ2v) is 7.77. The van der Waals surface area contributed by atoms with Gasteiger partial charge >= 0.3 is 0 Å². The highest BCUT2D eigenvalue weighted by atomic mass is 19.1. The van der Waals surface area contributed by atoms with Crippen LogP contribution in [0.3, 0.4) is 0 Å². The zero-order valence-corrected chi connectivity index (χ0v) is 18.7. The van der Waals surface area contributed by atoms with Gasteiger partial charge in [0.15, 0.2) is 5.82 Å². The van der Waals surface area contributed by atoms with E-state index in [4.69, 9.17) is 0 Å². The Labute approximate surface area is 201 Å². The molecule has 0 aliphatic carbocycles. The number of hydrogen-bond donors (Lipinski definition) is 1. The standard InChI is InChI=1S/C27H21F2N5O/c28-22-5-1-3-19(13-22)10-12-32-27-26(34(18-35)17-20-4-2-11-31-16-20)9-8-25(33-27)24-7-6-23(29)14-21(24)15-30/h1-9,11,13-14,16,18H,10,12,17H2,(H,32,33). The largest absolute Gasteiger partial charge is 0.368 e. The van der Waals surface area contributed by atoms with E-state index in [0.717, 1.165) is 17.2 Å². The number of amides is 1. The van der Waals surface area contributed by atoms with Crippen LogP contribution in [0.4, 0.5) is 20.3 Å². The van der Waals surface area contributed by atoms with E-state index in [0.29, 0.717) is 42.1 Å². The van der Waals surface area contributed by atoms with Crippen LogP contribution in [0.5, 0.6) is 0 Å². The van der Waals surface area contributed by atoms with Crippen LogP contribution in [0.15, 0.2) is 79.1 Å². The molecule has 4 aromatic rings. The predicted molar refractivity (Wildman–Crippen MR) is 129 cm³/mol. The van der Waals surface area contributed by atoms with E-state index in [9.17, 15) is 18.8 Å². The lowest BCUT2D eigenvalue weighted by atomic mass is 10.0. The summed E-state index contributed by atoms with van der Waals surface area (Å²) in [6.07, 6.45) is 4.56. The summed E-state index contributed by atoms with van der Waals surface area (Å²) in [6, 6.07) is 19.3. The van der Waals surface area contributed by atoms with Crippen LogP contribution < -0.4 is 10.2 Å². The van der Waals surface area contributed by atoms with Gasteiger partial charge in [0.25, 0.3) is 0 Å². The van der Waals surface area contributed by atoms with Crippen molar-refractivity contribution in [2.75, 3.05) is 16.8 Å². The Morgan fingerprint density at radius 1 is 1.00 bits per heavy atom. The van der Waals surface area contributed by atoms with Gasteiger partial charge in [-0.15, -0.1) is 0 Å². The number of benzene rings is 2. The molecule has 2 heterocycles. The molecule has 0 bridgehead atoms. The first-order valence-electron chi connectivity index (χ1n) is 10.9. The average Bonchev–Trinajstić information content (AvgIpc) is 2.88. The number of nitrogens with zero attached hydrogens (tertiary/aromatic N) is 4. The first-order valence-corrected chi connectivity index (χ1v) is 10.9. The lowest BCUT2D eigenvalue weighted by Gasteiger charge is -2.22. The van der Waals surface area contributed by atoms with Gasteiger partial charge in [-0.05, 0) is 66.1 Å². The molecule has 4 rings (SSSR count). The van der Waals surface area contributed by atoms with Crippen LogP contribution in [0.1, 0.15) is 16.7 Å². The van der Waals surface area contributed by atoms with Crippen LogP contribution in [0, 0.1) is 23.0 Å². The van der Waals surface area contributed by atoms with Crippen molar-refractivity contribution in [2.24, 2.45) is 0 Å². The minimum atomic E-state index is -0.515.